The molecule has 0 spiro atoms. The van der Waals surface area contributed by atoms with Crippen molar-refractivity contribution < 1.29 is 36.6 Å². The monoisotopic (exact) mass is 478 g/mol. The van der Waals surface area contributed by atoms with Crippen molar-refractivity contribution in [2.24, 2.45) is 5.92 Å². The van der Waals surface area contributed by atoms with E-state index in [1.165, 1.54) is 36.1 Å². The summed E-state index contributed by atoms with van der Waals surface area (Å²) in [6, 6.07) is 10.3. The van der Waals surface area contributed by atoms with Gasteiger partial charge in [-0.3, -0.25) is 9.59 Å². The Labute approximate surface area is 190 Å². The van der Waals surface area contributed by atoms with Crippen molar-refractivity contribution in [1.29, 1.82) is 0 Å². The number of halogens is 4. The molecule has 12 heteroatoms. The number of hydrogen-bond acceptors (Lipinski definition) is 5. The van der Waals surface area contributed by atoms with Gasteiger partial charge in [-0.2, -0.15) is 0 Å². The second-order valence-corrected chi connectivity index (χ2v) is 7.45. The van der Waals surface area contributed by atoms with E-state index in [2.05, 4.69) is 20.5 Å². The number of nitrogens with one attached hydrogen (secondary N) is 2. The van der Waals surface area contributed by atoms with Crippen LogP contribution in [0.1, 0.15) is 6.42 Å². The number of carbonyl (C=O) groups excluding carboxylic acids is 2. The fourth-order valence-corrected chi connectivity index (χ4v) is 3.50. The normalized spacial score (nSPS) is 15.7. The molecule has 1 aliphatic heterocycles. The highest BCUT2D eigenvalue weighted by molar-refractivity contribution is 5.97. The highest BCUT2D eigenvalue weighted by Crippen LogP contribution is 2.32. The van der Waals surface area contributed by atoms with E-state index >= 15 is 0 Å². The van der Waals surface area contributed by atoms with Gasteiger partial charge in [0.2, 0.25) is 11.8 Å². The lowest BCUT2D eigenvalue weighted by molar-refractivity contribution is -0.274. The van der Waals surface area contributed by atoms with Crippen LogP contribution < -0.4 is 20.1 Å². The molecule has 0 saturated carbocycles. The number of alkyl halides is 3. The van der Waals surface area contributed by atoms with Gasteiger partial charge >= 0.3 is 6.36 Å². The van der Waals surface area contributed by atoms with E-state index in [1.807, 2.05) is 0 Å². The molecule has 2 N–H and O–H groups in total. The molecule has 0 unspecified atom stereocenters. The molecule has 4 rings (SSSR count). The number of aromatic nitrogens is 2. The van der Waals surface area contributed by atoms with Crippen molar-refractivity contribution in [3.63, 3.8) is 0 Å². The molecule has 0 bridgehead atoms. The standard InChI is InChI=1S/C22H18F4N4O4/c1-33-17-8-14(23)7-15(9-17)30-18(12-3-2-4-16(5-12)34-22(24,25)26)10-19(29-30)28-21(32)13-6-20(31)27-11-13/h2-5,7-10,13H,6,11H2,1H3,(H,27,31)(H,28,29,32)/t13-/m0/s1. The van der Waals surface area contributed by atoms with Crippen LogP contribution in [0.4, 0.5) is 23.4 Å². The summed E-state index contributed by atoms with van der Waals surface area (Å²) in [7, 11) is 1.35. The molecular formula is C22H18F4N4O4. The van der Waals surface area contributed by atoms with E-state index in [4.69, 9.17) is 4.74 Å². The average Bonchev–Trinajstić information content (AvgIpc) is 3.39. The molecule has 34 heavy (non-hydrogen) atoms. The minimum absolute atomic E-state index is 0.0251. The molecule has 2 aromatic carbocycles. The van der Waals surface area contributed by atoms with Crippen LogP contribution in [0, 0.1) is 11.7 Å². The molecule has 1 saturated heterocycles. The summed E-state index contributed by atoms with van der Waals surface area (Å²) in [5.74, 6) is -2.16. The Kier molecular flexibility index (Phi) is 6.14. The number of hydrogen-bond donors (Lipinski definition) is 2. The lowest BCUT2D eigenvalue weighted by Crippen LogP contribution is -2.24. The van der Waals surface area contributed by atoms with Crippen LogP contribution in [-0.2, 0) is 9.59 Å². The third kappa shape index (κ3) is 5.27. The van der Waals surface area contributed by atoms with Gasteiger partial charge in [-0.15, -0.1) is 18.3 Å². The Hall–Kier alpha value is -4.09. The molecule has 1 atom stereocenters. The van der Waals surface area contributed by atoms with Gasteiger partial charge in [0, 0.05) is 36.7 Å². The number of rotatable bonds is 6. The number of carbonyl (C=O) groups is 2. The molecule has 1 aliphatic rings. The van der Waals surface area contributed by atoms with Crippen LogP contribution >= 0.6 is 0 Å². The van der Waals surface area contributed by atoms with E-state index in [1.54, 1.807) is 0 Å². The summed E-state index contributed by atoms with van der Waals surface area (Å²) in [6.45, 7) is 0.177. The first-order chi connectivity index (χ1) is 16.1. The summed E-state index contributed by atoms with van der Waals surface area (Å²) in [5, 5.41) is 9.47. The Bertz CT molecular complexity index is 1240. The van der Waals surface area contributed by atoms with Gasteiger partial charge in [-0.1, -0.05) is 12.1 Å². The summed E-state index contributed by atoms with van der Waals surface area (Å²) in [5.41, 5.74) is 0.707. The molecular weight excluding hydrogens is 460 g/mol. The predicted molar refractivity (Wildman–Crippen MR) is 112 cm³/mol. The van der Waals surface area contributed by atoms with Gasteiger partial charge in [0.1, 0.15) is 17.3 Å². The van der Waals surface area contributed by atoms with Crippen molar-refractivity contribution in [2.75, 3.05) is 19.0 Å². The van der Waals surface area contributed by atoms with E-state index in [0.717, 1.165) is 24.3 Å². The fourth-order valence-electron chi connectivity index (χ4n) is 3.50. The maximum atomic E-state index is 14.2. The van der Waals surface area contributed by atoms with Crippen molar-refractivity contribution >= 4 is 17.6 Å². The average molecular weight is 478 g/mol. The number of anilines is 1. The van der Waals surface area contributed by atoms with Crippen molar-refractivity contribution in [2.45, 2.75) is 12.8 Å². The van der Waals surface area contributed by atoms with Crippen molar-refractivity contribution in [3.05, 3.63) is 54.3 Å². The lowest BCUT2D eigenvalue weighted by Gasteiger charge is -2.12. The number of methoxy groups -OCH3 is 1. The first-order valence-corrected chi connectivity index (χ1v) is 10.00. The Morgan fingerprint density at radius 2 is 1.97 bits per heavy atom. The molecule has 178 valence electrons. The number of nitrogens with zero attached hydrogens (tertiary/aromatic N) is 2. The second-order valence-electron chi connectivity index (χ2n) is 7.45. The third-order valence-corrected chi connectivity index (χ3v) is 5.01. The summed E-state index contributed by atoms with van der Waals surface area (Å²) >= 11 is 0. The minimum Gasteiger partial charge on any atom is -0.497 e. The second kappa shape index (κ2) is 9.04. The SMILES string of the molecule is COc1cc(F)cc(-n2nc(NC(=O)[C@@H]3CNC(=O)C3)cc2-c2cccc(OC(F)(F)F)c2)c1. The molecule has 0 radical (unpaired) electrons. The predicted octanol–water partition coefficient (Wildman–Crippen LogP) is 3.66. The van der Waals surface area contributed by atoms with Gasteiger partial charge in [0.15, 0.2) is 5.82 Å². The topological polar surface area (TPSA) is 94.5 Å². The van der Waals surface area contributed by atoms with Crippen LogP contribution in [0.25, 0.3) is 16.9 Å². The first kappa shape index (κ1) is 23.1. The number of amides is 2. The zero-order valence-corrected chi connectivity index (χ0v) is 17.6. The molecule has 2 heterocycles. The molecule has 0 aliphatic carbocycles. The van der Waals surface area contributed by atoms with E-state index in [9.17, 15) is 27.2 Å². The molecule has 1 fully saturated rings. The zero-order chi connectivity index (χ0) is 24.5. The number of ether oxygens (including phenoxy) is 2. The van der Waals surface area contributed by atoms with Crippen LogP contribution in [0.2, 0.25) is 0 Å². The zero-order valence-electron chi connectivity index (χ0n) is 17.6. The van der Waals surface area contributed by atoms with Crippen LogP contribution in [0.5, 0.6) is 11.5 Å². The van der Waals surface area contributed by atoms with E-state index in [0.29, 0.717) is 0 Å². The van der Waals surface area contributed by atoms with E-state index in [-0.39, 0.29) is 47.4 Å². The third-order valence-electron chi connectivity index (χ3n) is 5.01. The van der Waals surface area contributed by atoms with Crippen LogP contribution in [-0.4, -0.2) is 41.6 Å². The lowest BCUT2D eigenvalue weighted by atomic mass is 10.1. The fraction of sp³-hybridized carbons (Fsp3) is 0.227. The smallest absolute Gasteiger partial charge is 0.497 e. The van der Waals surface area contributed by atoms with Gasteiger partial charge < -0.3 is 20.1 Å². The maximum absolute atomic E-state index is 14.2. The Morgan fingerprint density at radius 1 is 1.18 bits per heavy atom. The molecule has 1 aromatic heterocycles. The largest absolute Gasteiger partial charge is 0.573 e. The minimum atomic E-state index is -4.89. The summed E-state index contributed by atoms with van der Waals surface area (Å²) in [6.07, 6.45) is -4.86. The van der Waals surface area contributed by atoms with Gasteiger partial charge in [0.05, 0.1) is 24.4 Å². The molecule has 8 nitrogen and oxygen atoms in total. The van der Waals surface area contributed by atoms with Gasteiger partial charge in [0.25, 0.3) is 0 Å². The van der Waals surface area contributed by atoms with Crippen LogP contribution in [0.3, 0.4) is 0 Å². The quantitative estimate of drug-likeness (QED) is 0.528. The first-order valence-electron chi connectivity index (χ1n) is 10.00. The van der Waals surface area contributed by atoms with Crippen molar-refractivity contribution in [1.82, 2.24) is 15.1 Å². The van der Waals surface area contributed by atoms with Gasteiger partial charge in [-0.25, -0.2) is 9.07 Å². The Balaban J connectivity index is 1.75. The number of benzene rings is 2. The molecule has 2 amide bonds. The van der Waals surface area contributed by atoms with E-state index < -0.39 is 29.8 Å². The highest BCUT2D eigenvalue weighted by Gasteiger charge is 2.31. The summed E-state index contributed by atoms with van der Waals surface area (Å²) < 4.78 is 62.6. The van der Waals surface area contributed by atoms with Crippen LogP contribution in [0.15, 0.2) is 48.5 Å². The Morgan fingerprint density at radius 3 is 2.65 bits per heavy atom. The summed E-state index contributed by atoms with van der Waals surface area (Å²) in [4.78, 5) is 24.0. The van der Waals surface area contributed by atoms with Crippen molar-refractivity contribution in [3.8, 4) is 28.4 Å². The van der Waals surface area contributed by atoms with Gasteiger partial charge in [-0.05, 0) is 18.2 Å². The highest BCUT2D eigenvalue weighted by atomic mass is 19.4. The molecule has 3 aromatic rings. The maximum Gasteiger partial charge on any atom is 0.573 e.